The van der Waals surface area contributed by atoms with Gasteiger partial charge in [-0.25, -0.2) is 0 Å². The van der Waals surface area contributed by atoms with E-state index in [2.05, 4.69) is 15.8 Å². The number of aryl methyl sites for hydroxylation is 1. The van der Waals surface area contributed by atoms with Crippen molar-refractivity contribution in [2.24, 2.45) is 0 Å². The summed E-state index contributed by atoms with van der Waals surface area (Å²) in [6, 6.07) is 9.79. The number of hydrogen-bond acceptors (Lipinski definition) is 4. The van der Waals surface area contributed by atoms with Gasteiger partial charge < -0.3 is 15.2 Å². The maximum absolute atomic E-state index is 12.4. The molecule has 0 bridgehead atoms. The molecule has 20 heavy (non-hydrogen) atoms. The molecule has 0 aliphatic carbocycles. The van der Waals surface area contributed by atoms with E-state index in [0.29, 0.717) is 17.0 Å². The third-order valence-corrected chi connectivity index (χ3v) is 3.53. The van der Waals surface area contributed by atoms with Crippen molar-refractivity contribution in [1.29, 1.82) is 0 Å². The fourth-order valence-electron chi connectivity index (χ4n) is 2.47. The van der Waals surface area contributed by atoms with E-state index in [1.165, 1.54) is 0 Å². The van der Waals surface area contributed by atoms with E-state index in [-0.39, 0.29) is 11.9 Å². The summed E-state index contributed by atoms with van der Waals surface area (Å²) in [6.45, 7) is 3.52. The molecule has 3 rings (SSSR count). The van der Waals surface area contributed by atoms with Gasteiger partial charge in [0.05, 0.1) is 0 Å². The second kappa shape index (κ2) is 5.46. The topological polar surface area (TPSA) is 67.2 Å². The lowest BCUT2D eigenvalue weighted by molar-refractivity contribution is 0.0939. The number of aromatic nitrogens is 1. The molecule has 1 unspecified atom stereocenters. The van der Waals surface area contributed by atoms with E-state index in [4.69, 9.17) is 4.52 Å². The first-order valence-corrected chi connectivity index (χ1v) is 6.79. The zero-order chi connectivity index (χ0) is 13.9. The van der Waals surface area contributed by atoms with Crippen molar-refractivity contribution in [2.45, 2.75) is 19.4 Å². The molecule has 5 nitrogen and oxygen atoms in total. The normalized spacial score (nSPS) is 18.1. The van der Waals surface area contributed by atoms with Crippen LogP contribution in [0.1, 0.15) is 22.5 Å². The highest BCUT2D eigenvalue weighted by atomic mass is 16.5. The number of rotatable bonds is 3. The minimum absolute atomic E-state index is 0.115. The van der Waals surface area contributed by atoms with Gasteiger partial charge in [0.25, 0.3) is 5.91 Å². The second-order valence-electron chi connectivity index (χ2n) is 4.99. The molecule has 5 heteroatoms. The summed E-state index contributed by atoms with van der Waals surface area (Å²) in [4.78, 5) is 12.4. The summed E-state index contributed by atoms with van der Waals surface area (Å²) in [6.07, 6.45) is 0.955. The van der Waals surface area contributed by atoms with Crippen LogP contribution in [0.2, 0.25) is 0 Å². The highest BCUT2D eigenvalue weighted by Crippen LogP contribution is 2.25. The summed E-state index contributed by atoms with van der Waals surface area (Å²) in [5.74, 6) is 0.434. The Hall–Kier alpha value is -2.14. The van der Waals surface area contributed by atoms with Gasteiger partial charge >= 0.3 is 0 Å². The minimum Gasteiger partial charge on any atom is -0.360 e. The Morgan fingerprint density at radius 2 is 2.20 bits per heavy atom. The van der Waals surface area contributed by atoms with Crippen LogP contribution in [0.15, 0.2) is 34.9 Å². The molecule has 104 valence electrons. The summed E-state index contributed by atoms with van der Waals surface area (Å²) < 4.78 is 5.21. The number of amides is 1. The van der Waals surface area contributed by atoms with Gasteiger partial charge in [0, 0.05) is 18.2 Å². The molecule has 1 aliphatic rings. The maximum atomic E-state index is 12.4. The van der Waals surface area contributed by atoms with Gasteiger partial charge in [-0.2, -0.15) is 0 Å². The van der Waals surface area contributed by atoms with Crippen LogP contribution in [-0.2, 0) is 0 Å². The summed E-state index contributed by atoms with van der Waals surface area (Å²) in [5.41, 5.74) is 2.02. The standard InChI is InChI=1S/C15H17N3O2/c1-10-13(15(19)17-12-7-8-16-9-12)14(18-20-10)11-5-3-2-4-6-11/h2-6,12,16H,7-9H2,1H3,(H,17,19). The molecule has 1 aromatic heterocycles. The third-order valence-electron chi connectivity index (χ3n) is 3.53. The number of nitrogens with one attached hydrogen (secondary N) is 2. The number of hydrogen-bond donors (Lipinski definition) is 2. The molecule has 2 heterocycles. The van der Waals surface area contributed by atoms with Crippen LogP contribution in [0.25, 0.3) is 11.3 Å². The van der Waals surface area contributed by atoms with E-state index in [0.717, 1.165) is 25.1 Å². The average Bonchev–Trinajstić information content (AvgIpc) is 3.09. The van der Waals surface area contributed by atoms with Gasteiger partial charge in [0.1, 0.15) is 17.0 Å². The van der Waals surface area contributed by atoms with Gasteiger partial charge in [0.2, 0.25) is 0 Å². The fraction of sp³-hybridized carbons (Fsp3) is 0.333. The molecule has 1 aliphatic heterocycles. The van der Waals surface area contributed by atoms with Crippen LogP contribution in [0, 0.1) is 6.92 Å². The van der Waals surface area contributed by atoms with Crippen LogP contribution in [-0.4, -0.2) is 30.2 Å². The van der Waals surface area contributed by atoms with Crippen LogP contribution < -0.4 is 10.6 Å². The lowest BCUT2D eigenvalue weighted by atomic mass is 10.1. The number of nitrogens with zero attached hydrogens (tertiary/aromatic N) is 1. The Balaban J connectivity index is 1.89. The number of benzene rings is 1. The first kappa shape index (κ1) is 12.9. The monoisotopic (exact) mass is 271 g/mol. The van der Waals surface area contributed by atoms with Gasteiger partial charge in [0.15, 0.2) is 0 Å². The SMILES string of the molecule is Cc1onc(-c2ccccc2)c1C(=O)NC1CCNC1. The van der Waals surface area contributed by atoms with Gasteiger partial charge in [-0.1, -0.05) is 35.5 Å². The van der Waals surface area contributed by atoms with Crippen molar-refractivity contribution < 1.29 is 9.32 Å². The first-order valence-electron chi connectivity index (χ1n) is 6.79. The van der Waals surface area contributed by atoms with Crippen molar-refractivity contribution in [2.75, 3.05) is 13.1 Å². The van der Waals surface area contributed by atoms with E-state index < -0.39 is 0 Å². The number of carbonyl (C=O) groups excluding carboxylic acids is 1. The Morgan fingerprint density at radius 3 is 2.90 bits per heavy atom. The van der Waals surface area contributed by atoms with E-state index in [1.807, 2.05) is 30.3 Å². The maximum Gasteiger partial charge on any atom is 0.257 e. The molecule has 2 N–H and O–H groups in total. The highest BCUT2D eigenvalue weighted by Gasteiger charge is 2.24. The Kier molecular flexibility index (Phi) is 3.52. The zero-order valence-electron chi connectivity index (χ0n) is 11.3. The Bertz CT molecular complexity index is 601. The average molecular weight is 271 g/mol. The van der Waals surface area contributed by atoms with Gasteiger partial charge in [-0.3, -0.25) is 4.79 Å². The Labute approximate surface area is 117 Å². The molecular formula is C15H17N3O2. The zero-order valence-corrected chi connectivity index (χ0v) is 11.3. The number of carbonyl (C=O) groups is 1. The summed E-state index contributed by atoms with van der Waals surface area (Å²) in [7, 11) is 0. The van der Waals surface area contributed by atoms with Gasteiger partial charge in [-0.15, -0.1) is 0 Å². The fourth-order valence-corrected chi connectivity index (χ4v) is 2.47. The quantitative estimate of drug-likeness (QED) is 0.892. The first-order chi connectivity index (χ1) is 9.75. The summed E-state index contributed by atoms with van der Waals surface area (Å²) in [5, 5.41) is 10.3. The molecular weight excluding hydrogens is 254 g/mol. The van der Waals surface area contributed by atoms with Crippen molar-refractivity contribution >= 4 is 5.91 Å². The van der Waals surface area contributed by atoms with E-state index >= 15 is 0 Å². The molecule has 1 fully saturated rings. The van der Waals surface area contributed by atoms with Crippen LogP contribution >= 0.6 is 0 Å². The van der Waals surface area contributed by atoms with E-state index in [1.54, 1.807) is 6.92 Å². The second-order valence-corrected chi connectivity index (χ2v) is 4.99. The lowest BCUT2D eigenvalue weighted by Crippen LogP contribution is -2.36. The molecule has 0 saturated carbocycles. The summed E-state index contributed by atoms with van der Waals surface area (Å²) >= 11 is 0. The van der Waals surface area contributed by atoms with Crippen molar-refractivity contribution in [3.8, 4) is 11.3 Å². The molecule has 0 spiro atoms. The Morgan fingerprint density at radius 1 is 1.40 bits per heavy atom. The van der Waals surface area contributed by atoms with Crippen LogP contribution in [0.3, 0.4) is 0 Å². The molecule has 1 amide bonds. The van der Waals surface area contributed by atoms with E-state index in [9.17, 15) is 4.79 Å². The molecule has 2 aromatic rings. The molecule has 0 radical (unpaired) electrons. The highest BCUT2D eigenvalue weighted by molar-refractivity contribution is 6.00. The lowest BCUT2D eigenvalue weighted by Gasteiger charge is -2.11. The largest absolute Gasteiger partial charge is 0.360 e. The van der Waals surface area contributed by atoms with Crippen molar-refractivity contribution in [3.63, 3.8) is 0 Å². The third kappa shape index (κ3) is 2.44. The predicted molar refractivity (Wildman–Crippen MR) is 75.4 cm³/mol. The van der Waals surface area contributed by atoms with Gasteiger partial charge in [-0.05, 0) is 19.9 Å². The van der Waals surface area contributed by atoms with Crippen LogP contribution in [0.5, 0.6) is 0 Å². The van der Waals surface area contributed by atoms with Crippen LogP contribution in [0.4, 0.5) is 0 Å². The smallest absolute Gasteiger partial charge is 0.257 e. The predicted octanol–water partition coefficient (Wildman–Crippen LogP) is 1.74. The minimum atomic E-state index is -0.115. The van der Waals surface area contributed by atoms with Crippen molar-refractivity contribution in [1.82, 2.24) is 15.8 Å². The molecule has 1 atom stereocenters. The molecule has 1 saturated heterocycles. The van der Waals surface area contributed by atoms with Crippen molar-refractivity contribution in [3.05, 3.63) is 41.7 Å². The molecule has 1 aromatic carbocycles.